The van der Waals surface area contributed by atoms with Crippen LogP contribution >= 0.6 is 0 Å². The first-order valence-corrected chi connectivity index (χ1v) is 7.14. The third-order valence-corrected chi connectivity index (χ3v) is 4.02. The van der Waals surface area contributed by atoms with Crippen molar-refractivity contribution >= 4 is 0 Å². The molecule has 0 aromatic heterocycles. The molecule has 0 radical (unpaired) electrons. The van der Waals surface area contributed by atoms with Gasteiger partial charge in [-0.3, -0.25) is 0 Å². The maximum atomic E-state index is 8.66. The lowest BCUT2D eigenvalue weighted by Gasteiger charge is -2.37. The van der Waals surface area contributed by atoms with Crippen molar-refractivity contribution in [3.05, 3.63) is 29.8 Å². The van der Waals surface area contributed by atoms with Crippen LogP contribution in [0, 0.1) is 11.3 Å². The zero-order chi connectivity index (χ0) is 13.8. The minimum absolute atomic E-state index is 0.121. The third-order valence-electron chi connectivity index (χ3n) is 4.02. The highest BCUT2D eigenvalue weighted by atomic mass is 16.6. The van der Waals surface area contributed by atoms with Crippen LogP contribution in [-0.2, 0) is 15.9 Å². The predicted molar refractivity (Wildman–Crippen MR) is 73.5 cm³/mol. The monoisotopic (exact) mass is 273 g/mol. The zero-order valence-corrected chi connectivity index (χ0v) is 11.5. The summed E-state index contributed by atoms with van der Waals surface area (Å²) < 4.78 is 17.4. The molecule has 0 N–H and O–H groups in total. The first-order chi connectivity index (χ1) is 9.80. The van der Waals surface area contributed by atoms with E-state index >= 15 is 0 Å². The van der Waals surface area contributed by atoms with Crippen LogP contribution in [-0.4, -0.2) is 31.5 Å². The van der Waals surface area contributed by atoms with E-state index in [1.165, 1.54) is 0 Å². The van der Waals surface area contributed by atoms with Gasteiger partial charge in [-0.05, 0) is 17.7 Å². The number of rotatable bonds is 3. The zero-order valence-electron chi connectivity index (χ0n) is 11.5. The van der Waals surface area contributed by atoms with Gasteiger partial charge in [0.1, 0.15) is 11.9 Å². The smallest absolute Gasteiger partial charge is 0.119 e. The highest BCUT2D eigenvalue weighted by Gasteiger charge is 2.41. The van der Waals surface area contributed by atoms with E-state index in [2.05, 4.69) is 6.07 Å². The van der Waals surface area contributed by atoms with E-state index < -0.39 is 0 Å². The van der Waals surface area contributed by atoms with Crippen molar-refractivity contribution in [2.75, 3.05) is 19.8 Å². The van der Waals surface area contributed by atoms with E-state index in [0.717, 1.165) is 43.8 Å². The first kappa shape index (κ1) is 13.4. The van der Waals surface area contributed by atoms with Crippen LogP contribution < -0.4 is 4.74 Å². The summed E-state index contributed by atoms with van der Waals surface area (Å²) in [7, 11) is 0. The molecule has 0 amide bonds. The van der Waals surface area contributed by atoms with Crippen LogP contribution in [0.1, 0.15) is 24.8 Å². The molecule has 2 fully saturated rings. The van der Waals surface area contributed by atoms with E-state index in [1.54, 1.807) is 0 Å². The van der Waals surface area contributed by atoms with Gasteiger partial charge in [-0.15, -0.1) is 0 Å². The fourth-order valence-corrected chi connectivity index (χ4v) is 2.92. The van der Waals surface area contributed by atoms with Crippen molar-refractivity contribution in [2.24, 2.45) is 0 Å². The van der Waals surface area contributed by atoms with Crippen LogP contribution in [0.25, 0.3) is 0 Å². The molecule has 1 spiro atoms. The summed E-state index contributed by atoms with van der Waals surface area (Å²) in [6.45, 7) is 2.21. The lowest BCUT2D eigenvalue weighted by molar-refractivity contribution is -0.112. The SMILES string of the molecule is N#CCc1ccc(OC2CCOC3(CCOC3)C2)cc1. The van der Waals surface area contributed by atoms with Gasteiger partial charge in [0.25, 0.3) is 0 Å². The van der Waals surface area contributed by atoms with Crippen LogP contribution in [0.3, 0.4) is 0 Å². The molecule has 4 nitrogen and oxygen atoms in total. The molecule has 0 bridgehead atoms. The molecule has 2 atom stereocenters. The van der Waals surface area contributed by atoms with Gasteiger partial charge in [-0.1, -0.05) is 12.1 Å². The Morgan fingerprint density at radius 1 is 1.30 bits per heavy atom. The highest BCUT2D eigenvalue weighted by molar-refractivity contribution is 5.29. The number of hydrogen-bond donors (Lipinski definition) is 0. The molecule has 4 heteroatoms. The molecule has 2 heterocycles. The molecule has 2 unspecified atom stereocenters. The quantitative estimate of drug-likeness (QED) is 0.849. The summed E-state index contributed by atoms with van der Waals surface area (Å²) >= 11 is 0. The fraction of sp³-hybridized carbons (Fsp3) is 0.562. The summed E-state index contributed by atoms with van der Waals surface area (Å²) in [4.78, 5) is 0. The molecule has 0 saturated carbocycles. The van der Waals surface area contributed by atoms with Crippen molar-refractivity contribution < 1.29 is 14.2 Å². The number of hydrogen-bond acceptors (Lipinski definition) is 4. The van der Waals surface area contributed by atoms with E-state index in [0.29, 0.717) is 13.0 Å². The summed E-state index contributed by atoms with van der Waals surface area (Å²) in [6.07, 6.45) is 3.41. The van der Waals surface area contributed by atoms with Gasteiger partial charge >= 0.3 is 0 Å². The minimum atomic E-state index is -0.121. The topological polar surface area (TPSA) is 51.5 Å². The molecular formula is C16H19NO3. The molecule has 20 heavy (non-hydrogen) atoms. The average molecular weight is 273 g/mol. The van der Waals surface area contributed by atoms with Gasteiger partial charge in [-0.2, -0.15) is 5.26 Å². The van der Waals surface area contributed by atoms with Crippen molar-refractivity contribution in [1.82, 2.24) is 0 Å². The van der Waals surface area contributed by atoms with Crippen LogP contribution in [0.2, 0.25) is 0 Å². The van der Waals surface area contributed by atoms with Gasteiger partial charge in [0.2, 0.25) is 0 Å². The number of nitrogens with zero attached hydrogens (tertiary/aromatic N) is 1. The van der Waals surface area contributed by atoms with Crippen molar-refractivity contribution in [3.63, 3.8) is 0 Å². The summed E-state index contributed by atoms with van der Waals surface area (Å²) in [5, 5.41) is 8.66. The van der Waals surface area contributed by atoms with Gasteiger partial charge in [-0.25, -0.2) is 0 Å². The van der Waals surface area contributed by atoms with Crippen LogP contribution in [0.4, 0.5) is 0 Å². The largest absolute Gasteiger partial charge is 0.490 e. The Bertz CT molecular complexity index is 485. The van der Waals surface area contributed by atoms with Crippen molar-refractivity contribution in [2.45, 2.75) is 37.4 Å². The van der Waals surface area contributed by atoms with E-state index in [9.17, 15) is 0 Å². The second kappa shape index (κ2) is 5.82. The molecule has 2 aliphatic heterocycles. The molecule has 1 aromatic rings. The maximum Gasteiger partial charge on any atom is 0.119 e. The van der Waals surface area contributed by atoms with E-state index in [-0.39, 0.29) is 11.7 Å². The molecule has 3 rings (SSSR count). The Hall–Kier alpha value is -1.57. The van der Waals surface area contributed by atoms with Crippen LogP contribution in [0.5, 0.6) is 5.75 Å². The maximum absolute atomic E-state index is 8.66. The normalized spacial score (nSPS) is 29.2. The first-order valence-electron chi connectivity index (χ1n) is 7.14. The summed E-state index contributed by atoms with van der Waals surface area (Å²) in [5.41, 5.74) is 0.899. The van der Waals surface area contributed by atoms with E-state index in [4.69, 9.17) is 19.5 Å². The Balaban J connectivity index is 1.61. The van der Waals surface area contributed by atoms with Gasteiger partial charge in [0, 0.05) is 25.9 Å². The summed E-state index contributed by atoms with van der Waals surface area (Å²) in [5.74, 6) is 0.868. The van der Waals surface area contributed by atoms with Crippen molar-refractivity contribution in [1.29, 1.82) is 5.26 Å². The Morgan fingerprint density at radius 3 is 2.85 bits per heavy atom. The number of nitriles is 1. The third kappa shape index (κ3) is 2.95. The molecule has 2 saturated heterocycles. The van der Waals surface area contributed by atoms with Crippen molar-refractivity contribution in [3.8, 4) is 11.8 Å². The van der Waals surface area contributed by atoms with E-state index in [1.807, 2.05) is 24.3 Å². The molecule has 1 aromatic carbocycles. The molecular weight excluding hydrogens is 254 g/mol. The van der Waals surface area contributed by atoms with Gasteiger partial charge in [0.15, 0.2) is 0 Å². The molecule has 2 aliphatic rings. The minimum Gasteiger partial charge on any atom is -0.490 e. The summed E-state index contributed by atoms with van der Waals surface area (Å²) in [6, 6.07) is 9.94. The number of benzene rings is 1. The second-order valence-electron chi connectivity index (χ2n) is 5.55. The molecule has 0 aliphatic carbocycles. The predicted octanol–water partition coefficient (Wildman–Crippen LogP) is 2.47. The lowest BCUT2D eigenvalue weighted by atomic mass is 9.91. The molecule has 106 valence electrons. The Morgan fingerprint density at radius 2 is 2.15 bits per heavy atom. The van der Waals surface area contributed by atoms with Gasteiger partial charge < -0.3 is 14.2 Å². The van der Waals surface area contributed by atoms with Crippen LogP contribution in [0.15, 0.2) is 24.3 Å². The Labute approximate surface area is 119 Å². The fourth-order valence-electron chi connectivity index (χ4n) is 2.92. The second-order valence-corrected chi connectivity index (χ2v) is 5.55. The Kier molecular flexibility index (Phi) is 3.90. The lowest BCUT2D eigenvalue weighted by Crippen LogP contribution is -2.44. The standard InChI is InChI=1S/C16H19NO3/c17-8-5-13-1-3-14(4-2-13)20-15-6-9-19-16(11-15)7-10-18-12-16/h1-4,15H,5-7,9-12H2. The number of ether oxygens (including phenoxy) is 3. The average Bonchev–Trinajstić information content (AvgIpc) is 2.89. The van der Waals surface area contributed by atoms with Gasteiger partial charge in [0.05, 0.1) is 31.3 Å². The highest BCUT2D eigenvalue weighted by Crippen LogP contribution is 2.34.